The predicted molar refractivity (Wildman–Crippen MR) is 58.3 cm³/mol. The number of amides is 2. The van der Waals surface area contributed by atoms with Gasteiger partial charge in [0.05, 0.1) is 6.54 Å². The van der Waals surface area contributed by atoms with Crippen LogP contribution >= 0.6 is 0 Å². The third kappa shape index (κ3) is 3.22. The number of nitrogens with zero attached hydrogens (tertiary/aromatic N) is 2. The van der Waals surface area contributed by atoms with Crippen LogP contribution in [0.3, 0.4) is 0 Å². The summed E-state index contributed by atoms with van der Waals surface area (Å²) in [5.74, 6) is 0.0695. The van der Waals surface area contributed by atoms with Crippen LogP contribution in [0.15, 0.2) is 0 Å². The van der Waals surface area contributed by atoms with Gasteiger partial charge in [0, 0.05) is 26.1 Å². The molecule has 0 radical (unpaired) electrons. The van der Waals surface area contributed by atoms with E-state index < -0.39 is 0 Å². The van der Waals surface area contributed by atoms with Crippen LogP contribution < -0.4 is 0 Å². The first-order valence-corrected chi connectivity index (χ1v) is 5.65. The first kappa shape index (κ1) is 12.0. The Bertz CT molecular complexity index is 245. The molecule has 15 heavy (non-hydrogen) atoms. The minimum atomic E-state index is 0.0120. The zero-order chi connectivity index (χ0) is 11.4. The molecule has 1 aliphatic carbocycles. The monoisotopic (exact) mass is 212 g/mol. The standard InChI is InChI=1S/C11H20N2O2/c1-4-12(5-2)11(15)8-13(9(3)14)10-6-7-10/h10H,4-8H2,1-3H3. The van der Waals surface area contributed by atoms with Crippen molar-refractivity contribution in [1.82, 2.24) is 9.80 Å². The predicted octanol–water partition coefficient (Wildman–Crippen LogP) is 0.866. The Morgan fingerprint density at radius 3 is 2.07 bits per heavy atom. The highest BCUT2D eigenvalue weighted by atomic mass is 16.2. The molecule has 0 saturated heterocycles. The summed E-state index contributed by atoms with van der Waals surface area (Å²) in [5.41, 5.74) is 0. The lowest BCUT2D eigenvalue weighted by atomic mass is 10.4. The zero-order valence-electron chi connectivity index (χ0n) is 9.82. The third-order valence-corrected chi connectivity index (χ3v) is 2.81. The van der Waals surface area contributed by atoms with Gasteiger partial charge in [-0.3, -0.25) is 9.59 Å². The molecule has 0 spiro atoms. The number of hydrogen-bond acceptors (Lipinski definition) is 2. The molecule has 4 nitrogen and oxygen atoms in total. The minimum absolute atomic E-state index is 0.0120. The highest BCUT2D eigenvalue weighted by Gasteiger charge is 2.32. The van der Waals surface area contributed by atoms with Crippen LogP contribution in [0.2, 0.25) is 0 Å². The van der Waals surface area contributed by atoms with Gasteiger partial charge in [0.25, 0.3) is 0 Å². The molecular weight excluding hydrogens is 192 g/mol. The lowest BCUT2D eigenvalue weighted by Gasteiger charge is -2.25. The zero-order valence-corrected chi connectivity index (χ0v) is 9.82. The molecule has 0 unspecified atom stereocenters. The summed E-state index contributed by atoms with van der Waals surface area (Å²) in [6.45, 7) is 7.13. The molecule has 0 aromatic rings. The van der Waals surface area contributed by atoms with Crippen molar-refractivity contribution in [3.63, 3.8) is 0 Å². The summed E-state index contributed by atoms with van der Waals surface area (Å²) in [6, 6.07) is 0.321. The van der Waals surface area contributed by atoms with E-state index in [9.17, 15) is 9.59 Å². The van der Waals surface area contributed by atoms with Crippen LogP contribution in [0.5, 0.6) is 0 Å². The first-order chi connectivity index (χ1) is 7.10. The first-order valence-electron chi connectivity index (χ1n) is 5.65. The van der Waals surface area contributed by atoms with Gasteiger partial charge in [0.15, 0.2) is 0 Å². The van der Waals surface area contributed by atoms with Gasteiger partial charge in [-0.25, -0.2) is 0 Å². The van der Waals surface area contributed by atoms with Gasteiger partial charge < -0.3 is 9.80 Å². The van der Waals surface area contributed by atoms with E-state index in [-0.39, 0.29) is 18.4 Å². The van der Waals surface area contributed by atoms with E-state index in [0.29, 0.717) is 19.1 Å². The van der Waals surface area contributed by atoms with Crippen LogP contribution in [0.4, 0.5) is 0 Å². The van der Waals surface area contributed by atoms with Crippen molar-refractivity contribution >= 4 is 11.8 Å². The summed E-state index contributed by atoms with van der Waals surface area (Å²) in [5, 5.41) is 0. The molecule has 1 fully saturated rings. The molecule has 1 aliphatic rings. The van der Waals surface area contributed by atoms with E-state index in [2.05, 4.69) is 0 Å². The van der Waals surface area contributed by atoms with Crippen molar-refractivity contribution in [1.29, 1.82) is 0 Å². The van der Waals surface area contributed by atoms with Crippen LogP contribution in [-0.4, -0.2) is 47.3 Å². The summed E-state index contributed by atoms with van der Waals surface area (Å²) in [6.07, 6.45) is 2.09. The lowest BCUT2D eigenvalue weighted by molar-refractivity contribution is -0.139. The Balaban J connectivity index is 2.50. The fourth-order valence-corrected chi connectivity index (χ4v) is 1.71. The van der Waals surface area contributed by atoms with Gasteiger partial charge in [0.1, 0.15) is 0 Å². The molecule has 2 amide bonds. The highest BCUT2D eigenvalue weighted by molar-refractivity contribution is 5.84. The van der Waals surface area contributed by atoms with Gasteiger partial charge in [-0.2, -0.15) is 0 Å². The molecule has 0 N–H and O–H groups in total. The minimum Gasteiger partial charge on any atom is -0.342 e. The Hall–Kier alpha value is -1.06. The smallest absolute Gasteiger partial charge is 0.242 e. The lowest BCUT2D eigenvalue weighted by Crippen LogP contribution is -2.43. The Morgan fingerprint density at radius 1 is 1.20 bits per heavy atom. The quantitative estimate of drug-likeness (QED) is 0.678. The van der Waals surface area contributed by atoms with Crippen molar-refractivity contribution in [2.45, 2.75) is 39.7 Å². The Labute approximate surface area is 91.2 Å². The molecule has 86 valence electrons. The largest absolute Gasteiger partial charge is 0.342 e. The molecule has 0 aromatic carbocycles. The summed E-state index contributed by atoms with van der Waals surface area (Å²) in [7, 11) is 0. The highest BCUT2D eigenvalue weighted by Crippen LogP contribution is 2.26. The van der Waals surface area contributed by atoms with E-state index in [0.717, 1.165) is 12.8 Å². The van der Waals surface area contributed by atoms with Crippen molar-refractivity contribution in [2.75, 3.05) is 19.6 Å². The fourth-order valence-electron chi connectivity index (χ4n) is 1.71. The van der Waals surface area contributed by atoms with Gasteiger partial charge in [-0.15, -0.1) is 0 Å². The number of carbonyl (C=O) groups excluding carboxylic acids is 2. The molecule has 0 bridgehead atoms. The molecule has 0 aliphatic heterocycles. The van der Waals surface area contributed by atoms with Crippen molar-refractivity contribution in [3.05, 3.63) is 0 Å². The van der Waals surface area contributed by atoms with E-state index in [1.54, 1.807) is 9.80 Å². The van der Waals surface area contributed by atoms with Crippen LogP contribution in [0, 0.1) is 0 Å². The normalized spacial score (nSPS) is 14.9. The molecule has 1 saturated carbocycles. The summed E-state index contributed by atoms with van der Waals surface area (Å²) < 4.78 is 0. The van der Waals surface area contributed by atoms with E-state index in [4.69, 9.17) is 0 Å². The summed E-state index contributed by atoms with van der Waals surface area (Å²) >= 11 is 0. The molecule has 0 atom stereocenters. The molecule has 0 heterocycles. The second-order valence-electron chi connectivity index (χ2n) is 3.94. The fraction of sp³-hybridized carbons (Fsp3) is 0.818. The average Bonchev–Trinajstić information content (AvgIpc) is 2.99. The molecule has 4 heteroatoms. The third-order valence-electron chi connectivity index (χ3n) is 2.81. The summed E-state index contributed by atoms with van der Waals surface area (Å²) in [4.78, 5) is 26.6. The molecule has 1 rings (SSSR count). The van der Waals surface area contributed by atoms with Crippen molar-refractivity contribution in [2.24, 2.45) is 0 Å². The second-order valence-corrected chi connectivity index (χ2v) is 3.94. The van der Waals surface area contributed by atoms with Gasteiger partial charge >= 0.3 is 0 Å². The van der Waals surface area contributed by atoms with Crippen LogP contribution in [0.25, 0.3) is 0 Å². The second kappa shape index (κ2) is 5.14. The average molecular weight is 212 g/mol. The van der Waals surface area contributed by atoms with Gasteiger partial charge in [0.2, 0.25) is 11.8 Å². The van der Waals surface area contributed by atoms with E-state index >= 15 is 0 Å². The number of carbonyl (C=O) groups is 2. The molecular formula is C11H20N2O2. The van der Waals surface area contributed by atoms with Crippen LogP contribution in [-0.2, 0) is 9.59 Å². The van der Waals surface area contributed by atoms with Gasteiger partial charge in [-0.1, -0.05) is 0 Å². The Kier molecular flexibility index (Phi) is 4.12. The van der Waals surface area contributed by atoms with E-state index in [1.165, 1.54) is 6.92 Å². The number of likely N-dealkylation sites (N-methyl/N-ethyl adjacent to an activating group) is 1. The molecule has 0 aromatic heterocycles. The Morgan fingerprint density at radius 2 is 1.73 bits per heavy atom. The van der Waals surface area contributed by atoms with E-state index in [1.807, 2.05) is 13.8 Å². The number of rotatable bonds is 5. The maximum Gasteiger partial charge on any atom is 0.242 e. The van der Waals surface area contributed by atoms with Crippen molar-refractivity contribution < 1.29 is 9.59 Å². The topological polar surface area (TPSA) is 40.6 Å². The maximum atomic E-state index is 11.8. The number of hydrogen-bond donors (Lipinski definition) is 0. The van der Waals surface area contributed by atoms with Crippen molar-refractivity contribution in [3.8, 4) is 0 Å². The van der Waals surface area contributed by atoms with Crippen LogP contribution in [0.1, 0.15) is 33.6 Å². The SMILES string of the molecule is CCN(CC)C(=O)CN(C(C)=O)C1CC1. The van der Waals surface area contributed by atoms with Gasteiger partial charge in [-0.05, 0) is 26.7 Å². The maximum absolute atomic E-state index is 11.8.